The maximum atomic E-state index is 14.1. The number of nitrogens with zero attached hydrogens (tertiary/aromatic N) is 4. The number of anilines is 3. The first-order valence-corrected chi connectivity index (χ1v) is 13.0. The second kappa shape index (κ2) is 9.58. The van der Waals surface area contributed by atoms with E-state index in [1.54, 1.807) is 34.1 Å². The number of carbonyl (C=O) groups is 3. The molecule has 3 heterocycles. The topological polar surface area (TPSA) is 76.2 Å². The molecule has 8 heteroatoms. The Kier molecular flexibility index (Phi) is 6.47. The Labute approximate surface area is 212 Å². The zero-order valence-electron chi connectivity index (χ0n) is 21.4. The number of carbonyl (C=O) groups excluding carboxylic acids is 3. The summed E-state index contributed by atoms with van der Waals surface area (Å²) in [7, 11) is 0. The molecule has 1 unspecified atom stereocenters. The third-order valence-corrected chi connectivity index (χ3v) is 7.83. The van der Waals surface area contributed by atoms with Crippen molar-refractivity contribution in [2.45, 2.75) is 45.7 Å². The minimum absolute atomic E-state index is 0.135. The van der Waals surface area contributed by atoms with Crippen LogP contribution in [0.15, 0.2) is 42.5 Å². The minimum Gasteiger partial charge on any atom is -0.369 e. The lowest BCUT2D eigenvalue weighted by atomic mass is 9.95. The summed E-state index contributed by atoms with van der Waals surface area (Å²) in [5.74, 6) is -0.673. The number of benzene rings is 2. The number of amides is 3. The van der Waals surface area contributed by atoms with Crippen LogP contribution in [0, 0.1) is 6.92 Å². The maximum absolute atomic E-state index is 14.1. The number of piperazine rings is 1. The highest BCUT2D eigenvalue weighted by atomic mass is 16.2. The van der Waals surface area contributed by atoms with Gasteiger partial charge in [-0.1, -0.05) is 26.0 Å². The molecular weight excluding hydrogens is 454 g/mol. The largest absolute Gasteiger partial charge is 0.369 e. The Morgan fingerprint density at radius 2 is 1.78 bits per heavy atom. The van der Waals surface area contributed by atoms with E-state index in [9.17, 15) is 14.4 Å². The Bertz CT molecular complexity index is 1190. The number of hydrogen-bond donors (Lipinski definition) is 1. The van der Waals surface area contributed by atoms with Gasteiger partial charge in [-0.05, 0) is 55.8 Å². The van der Waals surface area contributed by atoms with Crippen molar-refractivity contribution < 1.29 is 14.4 Å². The van der Waals surface area contributed by atoms with Crippen molar-refractivity contribution in [1.82, 2.24) is 9.80 Å². The lowest BCUT2D eigenvalue weighted by Crippen LogP contribution is -2.69. The molecule has 5 rings (SSSR count). The summed E-state index contributed by atoms with van der Waals surface area (Å²) in [6.45, 7) is 11.7. The molecule has 0 aromatic heterocycles. The molecule has 36 heavy (non-hydrogen) atoms. The van der Waals surface area contributed by atoms with Gasteiger partial charge in [-0.15, -0.1) is 0 Å². The number of nitrogens with one attached hydrogen (secondary N) is 1. The van der Waals surface area contributed by atoms with Gasteiger partial charge in [-0.3, -0.25) is 19.3 Å². The Hall–Kier alpha value is -3.39. The molecule has 0 aliphatic carbocycles. The van der Waals surface area contributed by atoms with Crippen LogP contribution in [-0.4, -0.2) is 72.5 Å². The number of likely N-dealkylation sites (N-methyl/N-ethyl adjacent to an activating group) is 1. The summed E-state index contributed by atoms with van der Waals surface area (Å²) >= 11 is 0. The standard InChI is InChI=1S/C28H35N5O3/c1-4-14-32-26(35)22-8-6-7-9-24(22)33-25(34)12-13-28(32,33)27(36)29-23-11-10-21(19-20(23)3)31-17-15-30(5-2)16-18-31/h6-11,19H,4-5,12-18H2,1-3H3,(H,29,36). The summed E-state index contributed by atoms with van der Waals surface area (Å²) in [5, 5.41) is 3.10. The maximum Gasteiger partial charge on any atom is 0.271 e. The van der Waals surface area contributed by atoms with Crippen LogP contribution in [0.2, 0.25) is 0 Å². The SMILES string of the molecule is CCCN1C(=O)c2ccccc2N2C(=O)CCC12C(=O)Nc1ccc(N2CCN(CC)CC2)cc1C. The van der Waals surface area contributed by atoms with Gasteiger partial charge in [0.15, 0.2) is 0 Å². The van der Waals surface area contributed by atoms with E-state index in [0.29, 0.717) is 29.9 Å². The van der Waals surface area contributed by atoms with Gasteiger partial charge in [0.25, 0.3) is 11.8 Å². The quantitative estimate of drug-likeness (QED) is 0.673. The first-order valence-electron chi connectivity index (χ1n) is 13.0. The van der Waals surface area contributed by atoms with Crippen LogP contribution in [0.5, 0.6) is 0 Å². The fourth-order valence-electron chi connectivity index (χ4n) is 5.84. The van der Waals surface area contributed by atoms with E-state index < -0.39 is 5.66 Å². The second-order valence-corrected chi connectivity index (χ2v) is 9.89. The van der Waals surface area contributed by atoms with Crippen molar-refractivity contribution in [1.29, 1.82) is 0 Å². The number of para-hydroxylation sites is 1. The first kappa shape index (κ1) is 24.3. The zero-order valence-corrected chi connectivity index (χ0v) is 21.4. The van der Waals surface area contributed by atoms with Crippen LogP contribution in [0.3, 0.4) is 0 Å². The summed E-state index contributed by atoms with van der Waals surface area (Å²) < 4.78 is 0. The molecule has 3 aliphatic rings. The number of rotatable bonds is 6. The minimum atomic E-state index is -1.36. The Morgan fingerprint density at radius 3 is 2.47 bits per heavy atom. The van der Waals surface area contributed by atoms with Crippen LogP contribution in [0.4, 0.5) is 17.1 Å². The summed E-state index contributed by atoms with van der Waals surface area (Å²) in [6, 6.07) is 13.2. The molecule has 3 aliphatic heterocycles. The van der Waals surface area contributed by atoms with Crippen molar-refractivity contribution in [3.63, 3.8) is 0 Å². The highest BCUT2D eigenvalue weighted by Gasteiger charge is 2.60. The molecule has 190 valence electrons. The fourth-order valence-corrected chi connectivity index (χ4v) is 5.84. The van der Waals surface area contributed by atoms with Gasteiger partial charge in [0, 0.05) is 56.9 Å². The fraction of sp³-hybridized carbons (Fsp3) is 0.464. The summed E-state index contributed by atoms with van der Waals surface area (Å²) in [6.07, 6.45) is 1.18. The normalized spacial score (nSPS) is 22.0. The lowest BCUT2D eigenvalue weighted by Gasteiger charge is -2.49. The monoisotopic (exact) mass is 489 g/mol. The molecular formula is C28H35N5O3. The molecule has 1 atom stereocenters. The van der Waals surface area contributed by atoms with Crippen molar-refractivity contribution >= 4 is 34.8 Å². The van der Waals surface area contributed by atoms with Crippen LogP contribution in [0.25, 0.3) is 0 Å². The van der Waals surface area contributed by atoms with Crippen LogP contribution >= 0.6 is 0 Å². The Balaban J connectivity index is 1.45. The van der Waals surface area contributed by atoms with Crippen molar-refractivity contribution in [2.24, 2.45) is 0 Å². The van der Waals surface area contributed by atoms with E-state index in [2.05, 4.69) is 28.1 Å². The molecule has 2 fully saturated rings. The Morgan fingerprint density at radius 1 is 1.03 bits per heavy atom. The smallest absolute Gasteiger partial charge is 0.271 e. The molecule has 0 bridgehead atoms. The van der Waals surface area contributed by atoms with Gasteiger partial charge in [0.05, 0.1) is 11.3 Å². The predicted octanol–water partition coefficient (Wildman–Crippen LogP) is 3.46. The number of aryl methyl sites for hydroxylation is 1. The third kappa shape index (κ3) is 3.84. The number of fused-ring (bicyclic) bond motifs is 3. The summed E-state index contributed by atoms with van der Waals surface area (Å²) in [5.41, 5.74) is 2.42. The predicted molar refractivity (Wildman–Crippen MR) is 141 cm³/mol. The summed E-state index contributed by atoms with van der Waals surface area (Å²) in [4.78, 5) is 48.7. The van der Waals surface area contributed by atoms with Crippen LogP contribution in [-0.2, 0) is 9.59 Å². The van der Waals surface area contributed by atoms with Crippen molar-refractivity contribution in [2.75, 3.05) is 54.4 Å². The van der Waals surface area contributed by atoms with E-state index in [4.69, 9.17) is 0 Å². The van der Waals surface area contributed by atoms with Gasteiger partial charge < -0.3 is 20.0 Å². The molecule has 2 aromatic rings. The third-order valence-electron chi connectivity index (χ3n) is 7.83. The average molecular weight is 490 g/mol. The molecule has 2 saturated heterocycles. The molecule has 0 spiro atoms. The molecule has 2 aromatic carbocycles. The van der Waals surface area contributed by atoms with E-state index in [0.717, 1.165) is 44.0 Å². The van der Waals surface area contributed by atoms with Crippen molar-refractivity contribution in [3.8, 4) is 0 Å². The highest BCUT2D eigenvalue weighted by molar-refractivity contribution is 6.18. The molecule has 0 radical (unpaired) electrons. The van der Waals surface area contributed by atoms with Gasteiger partial charge >= 0.3 is 0 Å². The zero-order chi connectivity index (χ0) is 25.4. The van der Waals surface area contributed by atoms with E-state index >= 15 is 0 Å². The van der Waals surface area contributed by atoms with Gasteiger partial charge in [0.2, 0.25) is 11.6 Å². The van der Waals surface area contributed by atoms with Gasteiger partial charge in [-0.25, -0.2) is 0 Å². The highest BCUT2D eigenvalue weighted by Crippen LogP contribution is 2.45. The van der Waals surface area contributed by atoms with Gasteiger partial charge in [-0.2, -0.15) is 0 Å². The van der Waals surface area contributed by atoms with E-state index in [-0.39, 0.29) is 30.6 Å². The van der Waals surface area contributed by atoms with Gasteiger partial charge in [0.1, 0.15) is 0 Å². The van der Waals surface area contributed by atoms with Crippen LogP contribution < -0.4 is 15.1 Å². The molecule has 1 N–H and O–H groups in total. The molecule has 8 nitrogen and oxygen atoms in total. The van der Waals surface area contributed by atoms with Crippen LogP contribution in [0.1, 0.15) is 49.0 Å². The lowest BCUT2D eigenvalue weighted by molar-refractivity contribution is -0.128. The van der Waals surface area contributed by atoms with Crippen molar-refractivity contribution in [3.05, 3.63) is 53.6 Å². The van der Waals surface area contributed by atoms with E-state index in [1.807, 2.05) is 26.0 Å². The van der Waals surface area contributed by atoms with E-state index in [1.165, 1.54) is 0 Å². The first-order chi connectivity index (χ1) is 17.4. The average Bonchev–Trinajstić information content (AvgIpc) is 3.26. The second-order valence-electron chi connectivity index (χ2n) is 9.89. The molecule has 0 saturated carbocycles. The number of hydrogen-bond acceptors (Lipinski definition) is 5. The molecule has 3 amide bonds.